The number of hydrogen-bond donors (Lipinski definition) is 3. The van der Waals surface area contributed by atoms with Gasteiger partial charge in [-0.3, -0.25) is 4.79 Å². The zero-order valence-corrected chi connectivity index (χ0v) is 14.2. The molecule has 3 rings (SSSR count). The first-order valence-electron chi connectivity index (χ1n) is 8.13. The Bertz CT molecular complexity index is 756. The first-order chi connectivity index (χ1) is 12.0. The molecule has 0 aliphatic carbocycles. The summed E-state index contributed by atoms with van der Waals surface area (Å²) in [4.78, 5) is 29.7. The number of pyridine rings is 1. The minimum absolute atomic E-state index is 0.0169. The summed E-state index contributed by atoms with van der Waals surface area (Å²) in [6, 6.07) is 6.66. The first kappa shape index (κ1) is 16.8. The molecular formula is C17H21N5O3. The summed E-state index contributed by atoms with van der Waals surface area (Å²) < 4.78 is 5.49. The lowest BCUT2D eigenvalue weighted by molar-refractivity contribution is -0.120. The summed E-state index contributed by atoms with van der Waals surface area (Å²) in [6.07, 6.45) is 1.57. The summed E-state index contributed by atoms with van der Waals surface area (Å²) in [5.41, 5.74) is 0.575. The second-order valence-corrected chi connectivity index (χ2v) is 5.95. The third-order valence-electron chi connectivity index (χ3n) is 3.90. The molecule has 1 fully saturated rings. The van der Waals surface area contributed by atoms with Crippen LogP contribution in [-0.2, 0) is 4.79 Å². The van der Waals surface area contributed by atoms with E-state index in [1.165, 1.54) is 0 Å². The maximum atomic E-state index is 12.1. The Balaban J connectivity index is 1.55. The number of nitrogens with one attached hydrogen (secondary N) is 3. The monoisotopic (exact) mass is 343 g/mol. The number of rotatable bonds is 4. The second-order valence-electron chi connectivity index (χ2n) is 5.95. The summed E-state index contributed by atoms with van der Waals surface area (Å²) >= 11 is 0. The van der Waals surface area contributed by atoms with Crippen LogP contribution in [-0.4, -0.2) is 36.6 Å². The summed E-state index contributed by atoms with van der Waals surface area (Å²) in [7, 11) is 0. The smallest absolute Gasteiger partial charge is 0.319 e. The number of hydrogen-bond acceptors (Lipinski definition) is 5. The number of piperazine rings is 1. The van der Waals surface area contributed by atoms with Crippen LogP contribution in [0.3, 0.4) is 0 Å². The van der Waals surface area contributed by atoms with Gasteiger partial charge < -0.3 is 25.3 Å². The normalized spacial score (nSPS) is 15.4. The number of carbonyl (C=O) groups is 2. The third kappa shape index (κ3) is 4.28. The van der Waals surface area contributed by atoms with Gasteiger partial charge in [-0.1, -0.05) is 0 Å². The van der Waals surface area contributed by atoms with Crippen LogP contribution < -0.4 is 20.9 Å². The van der Waals surface area contributed by atoms with Gasteiger partial charge in [-0.15, -0.1) is 0 Å². The molecule has 1 atom stereocenters. The van der Waals surface area contributed by atoms with Crippen LogP contribution in [0.4, 0.5) is 16.3 Å². The Hall–Kier alpha value is -3.03. The molecule has 8 nitrogen and oxygen atoms in total. The highest BCUT2D eigenvalue weighted by molar-refractivity contribution is 5.89. The number of aromatic nitrogens is 1. The lowest BCUT2D eigenvalue weighted by atomic mass is 10.2. The molecule has 132 valence electrons. The van der Waals surface area contributed by atoms with Gasteiger partial charge in [-0.2, -0.15) is 0 Å². The van der Waals surface area contributed by atoms with Crippen LogP contribution in [0, 0.1) is 6.92 Å². The molecule has 3 N–H and O–H groups in total. The number of nitrogens with zero attached hydrogens (tertiary/aromatic N) is 2. The van der Waals surface area contributed by atoms with Crippen molar-refractivity contribution in [1.29, 1.82) is 0 Å². The Morgan fingerprint density at radius 2 is 2.20 bits per heavy atom. The van der Waals surface area contributed by atoms with Crippen molar-refractivity contribution < 1.29 is 14.0 Å². The number of furan rings is 1. The number of urea groups is 1. The van der Waals surface area contributed by atoms with Crippen LogP contribution in [0.5, 0.6) is 0 Å². The average Bonchev–Trinajstić information content (AvgIpc) is 3.02. The van der Waals surface area contributed by atoms with Gasteiger partial charge in [0, 0.05) is 13.1 Å². The minimum atomic E-state index is -0.339. The standard InChI is InChI=1S/C17H21N5O3/c1-11-3-5-14(25-11)12(2)20-17(24)21-13-4-6-15(19-9-13)22-8-7-18-16(23)10-22/h3-6,9,12H,7-8,10H2,1-2H3,(H,18,23)(H2,20,21,24). The molecule has 0 radical (unpaired) electrons. The largest absolute Gasteiger partial charge is 0.464 e. The van der Waals surface area contributed by atoms with Crippen molar-refractivity contribution >= 4 is 23.4 Å². The van der Waals surface area contributed by atoms with Crippen LogP contribution in [0.15, 0.2) is 34.9 Å². The molecule has 1 aliphatic heterocycles. The lowest BCUT2D eigenvalue weighted by Crippen LogP contribution is -2.48. The predicted molar refractivity (Wildman–Crippen MR) is 93.5 cm³/mol. The molecule has 2 aromatic heterocycles. The molecule has 0 aromatic carbocycles. The topological polar surface area (TPSA) is 99.5 Å². The summed E-state index contributed by atoms with van der Waals surface area (Å²) in [6.45, 7) is 5.32. The number of carbonyl (C=O) groups excluding carboxylic acids is 2. The van der Waals surface area contributed by atoms with E-state index in [9.17, 15) is 9.59 Å². The molecular weight excluding hydrogens is 322 g/mol. The molecule has 25 heavy (non-hydrogen) atoms. The Morgan fingerprint density at radius 3 is 2.84 bits per heavy atom. The van der Waals surface area contributed by atoms with Gasteiger partial charge >= 0.3 is 6.03 Å². The van der Waals surface area contributed by atoms with Crippen molar-refractivity contribution in [2.75, 3.05) is 29.9 Å². The van der Waals surface area contributed by atoms with E-state index in [0.717, 1.165) is 5.76 Å². The van der Waals surface area contributed by atoms with Gasteiger partial charge in [-0.25, -0.2) is 9.78 Å². The van der Waals surface area contributed by atoms with Gasteiger partial charge in [0.2, 0.25) is 5.91 Å². The molecule has 2 aromatic rings. The van der Waals surface area contributed by atoms with Crippen LogP contribution in [0.25, 0.3) is 0 Å². The second kappa shape index (κ2) is 7.25. The minimum Gasteiger partial charge on any atom is -0.464 e. The van der Waals surface area contributed by atoms with E-state index in [0.29, 0.717) is 36.9 Å². The van der Waals surface area contributed by atoms with Crippen molar-refractivity contribution in [3.05, 3.63) is 42.0 Å². The molecule has 1 unspecified atom stereocenters. The van der Waals surface area contributed by atoms with E-state index in [1.54, 1.807) is 18.3 Å². The van der Waals surface area contributed by atoms with Crippen LogP contribution >= 0.6 is 0 Å². The fourth-order valence-electron chi connectivity index (χ4n) is 2.60. The number of amides is 3. The molecule has 0 spiro atoms. The zero-order chi connectivity index (χ0) is 17.8. The predicted octanol–water partition coefficient (Wildman–Crippen LogP) is 1.80. The van der Waals surface area contributed by atoms with E-state index in [1.807, 2.05) is 30.9 Å². The lowest BCUT2D eigenvalue weighted by Gasteiger charge is -2.27. The molecule has 1 aliphatic rings. The molecule has 0 saturated carbocycles. The SMILES string of the molecule is Cc1ccc(C(C)NC(=O)Nc2ccc(N3CCNC(=O)C3)nc2)o1. The van der Waals surface area contributed by atoms with Crippen molar-refractivity contribution in [3.63, 3.8) is 0 Å². The highest BCUT2D eigenvalue weighted by Gasteiger charge is 2.17. The quantitative estimate of drug-likeness (QED) is 0.786. The van der Waals surface area contributed by atoms with Gasteiger partial charge in [0.1, 0.15) is 17.3 Å². The van der Waals surface area contributed by atoms with Gasteiger partial charge in [0.15, 0.2) is 0 Å². The van der Waals surface area contributed by atoms with Gasteiger partial charge in [0.05, 0.1) is 24.5 Å². The molecule has 8 heteroatoms. The molecule has 0 bridgehead atoms. The zero-order valence-electron chi connectivity index (χ0n) is 14.2. The van der Waals surface area contributed by atoms with E-state index in [-0.39, 0.29) is 18.0 Å². The maximum Gasteiger partial charge on any atom is 0.319 e. The average molecular weight is 343 g/mol. The Kier molecular flexibility index (Phi) is 4.87. The number of anilines is 2. The fourth-order valence-corrected chi connectivity index (χ4v) is 2.60. The van der Waals surface area contributed by atoms with Crippen LogP contribution in [0.2, 0.25) is 0 Å². The van der Waals surface area contributed by atoms with Gasteiger partial charge in [0.25, 0.3) is 0 Å². The van der Waals surface area contributed by atoms with Gasteiger partial charge in [-0.05, 0) is 38.1 Å². The van der Waals surface area contributed by atoms with E-state index in [2.05, 4.69) is 20.9 Å². The molecule has 3 amide bonds. The molecule has 1 saturated heterocycles. The maximum absolute atomic E-state index is 12.1. The highest BCUT2D eigenvalue weighted by atomic mass is 16.3. The van der Waals surface area contributed by atoms with E-state index in [4.69, 9.17) is 4.42 Å². The Morgan fingerprint density at radius 1 is 1.36 bits per heavy atom. The van der Waals surface area contributed by atoms with Crippen molar-refractivity contribution in [2.24, 2.45) is 0 Å². The highest BCUT2D eigenvalue weighted by Crippen LogP contribution is 2.17. The van der Waals surface area contributed by atoms with Crippen molar-refractivity contribution in [3.8, 4) is 0 Å². The van der Waals surface area contributed by atoms with Crippen molar-refractivity contribution in [2.45, 2.75) is 19.9 Å². The van der Waals surface area contributed by atoms with Crippen LogP contribution in [0.1, 0.15) is 24.5 Å². The van der Waals surface area contributed by atoms with E-state index < -0.39 is 0 Å². The van der Waals surface area contributed by atoms with E-state index >= 15 is 0 Å². The number of aryl methyl sites for hydroxylation is 1. The van der Waals surface area contributed by atoms with Crippen molar-refractivity contribution in [1.82, 2.24) is 15.6 Å². The first-order valence-corrected chi connectivity index (χ1v) is 8.13. The fraction of sp³-hybridized carbons (Fsp3) is 0.353. The Labute approximate surface area is 145 Å². The third-order valence-corrected chi connectivity index (χ3v) is 3.90. The summed E-state index contributed by atoms with van der Waals surface area (Å²) in [5, 5.41) is 8.31. The molecule has 3 heterocycles. The summed E-state index contributed by atoms with van der Waals surface area (Å²) in [5.74, 6) is 2.19.